The first-order valence-corrected chi connectivity index (χ1v) is 6.02. The lowest BCUT2D eigenvalue weighted by molar-refractivity contribution is 0.0910. The highest BCUT2D eigenvalue weighted by molar-refractivity contribution is 6.30. The van der Waals surface area contributed by atoms with Crippen LogP contribution in [-0.4, -0.2) is 5.78 Å². The maximum absolute atomic E-state index is 13.6. The molecule has 2 unspecified atom stereocenters. The first kappa shape index (κ1) is 10.3. The molecule has 0 aliphatic heterocycles. The molecule has 16 heavy (non-hydrogen) atoms. The first-order valence-electron chi connectivity index (χ1n) is 5.64. The van der Waals surface area contributed by atoms with Gasteiger partial charge >= 0.3 is 0 Å². The average Bonchev–Trinajstić information content (AvgIpc) is 2.85. The fraction of sp³-hybridized carbons (Fsp3) is 0.462. The van der Waals surface area contributed by atoms with E-state index in [9.17, 15) is 9.18 Å². The topological polar surface area (TPSA) is 17.1 Å². The SMILES string of the molecule is O=C(c1ccc(Cl)cc1F)C1CC2CC2C1. The van der Waals surface area contributed by atoms with Gasteiger partial charge in [0.2, 0.25) is 0 Å². The van der Waals surface area contributed by atoms with E-state index >= 15 is 0 Å². The molecule has 2 atom stereocenters. The van der Waals surface area contributed by atoms with Gasteiger partial charge in [-0.3, -0.25) is 4.79 Å². The predicted octanol–water partition coefficient (Wildman–Crippen LogP) is 3.71. The Bertz CT molecular complexity index is 447. The minimum Gasteiger partial charge on any atom is -0.294 e. The number of carbonyl (C=O) groups excluding carboxylic acids is 1. The molecular formula is C13H12ClFO. The summed E-state index contributed by atoms with van der Waals surface area (Å²) in [6.07, 6.45) is 3.17. The van der Waals surface area contributed by atoms with E-state index in [0.717, 1.165) is 24.7 Å². The number of carbonyl (C=O) groups is 1. The third-order valence-electron chi connectivity index (χ3n) is 3.81. The molecule has 1 nitrogen and oxygen atoms in total. The lowest BCUT2D eigenvalue weighted by Gasteiger charge is -2.11. The zero-order valence-corrected chi connectivity index (χ0v) is 9.51. The molecule has 0 bridgehead atoms. The first-order chi connectivity index (χ1) is 7.65. The van der Waals surface area contributed by atoms with Gasteiger partial charge in [-0.05, 0) is 49.3 Å². The largest absolute Gasteiger partial charge is 0.294 e. The summed E-state index contributed by atoms with van der Waals surface area (Å²) in [4.78, 5) is 12.1. The van der Waals surface area contributed by atoms with Crippen molar-refractivity contribution in [2.75, 3.05) is 0 Å². The molecule has 3 rings (SSSR count). The van der Waals surface area contributed by atoms with Crippen molar-refractivity contribution in [1.82, 2.24) is 0 Å². The van der Waals surface area contributed by atoms with Crippen LogP contribution < -0.4 is 0 Å². The molecule has 84 valence electrons. The van der Waals surface area contributed by atoms with Crippen LogP contribution in [0.3, 0.4) is 0 Å². The molecule has 0 amide bonds. The zero-order valence-electron chi connectivity index (χ0n) is 8.75. The summed E-state index contributed by atoms with van der Waals surface area (Å²) in [5.74, 6) is 0.993. The molecule has 1 aromatic carbocycles. The van der Waals surface area contributed by atoms with E-state index in [1.165, 1.54) is 18.6 Å². The fourth-order valence-corrected chi connectivity index (χ4v) is 3.00. The molecule has 0 saturated heterocycles. The van der Waals surface area contributed by atoms with E-state index in [4.69, 9.17) is 11.6 Å². The standard InChI is InChI=1S/C13H12ClFO/c14-10-1-2-11(12(15)6-10)13(16)9-4-7-3-8(7)5-9/h1-2,6-9H,3-5H2. The van der Waals surface area contributed by atoms with Crippen molar-refractivity contribution in [2.45, 2.75) is 19.3 Å². The average molecular weight is 239 g/mol. The third-order valence-corrected chi connectivity index (χ3v) is 4.05. The van der Waals surface area contributed by atoms with Crippen LogP contribution in [0.4, 0.5) is 4.39 Å². The van der Waals surface area contributed by atoms with Crippen molar-refractivity contribution < 1.29 is 9.18 Å². The second-order valence-corrected chi connectivity index (χ2v) is 5.35. The summed E-state index contributed by atoms with van der Waals surface area (Å²) in [6.45, 7) is 0. The van der Waals surface area contributed by atoms with E-state index in [0.29, 0.717) is 5.02 Å². The number of rotatable bonds is 2. The molecule has 1 aromatic rings. The van der Waals surface area contributed by atoms with Crippen molar-refractivity contribution in [3.63, 3.8) is 0 Å². The Balaban J connectivity index is 1.83. The Hall–Kier alpha value is -0.890. The number of hydrogen-bond acceptors (Lipinski definition) is 1. The van der Waals surface area contributed by atoms with E-state index < -0.39 is 5.82 Å². The van der Waals surface area contributed by atoms with Crippen LogP contribution in [0.5, 0.6) is 0 Å². The van der Waals surface area contributed by atoms with Gasteiger partial charge in [-0.2, -0.15) is 0 Å². The third kappa shape index (κ3) is 1.65. The summed E-state index contributed by atoms with van der Waals surface area (Å²) < 4.78 is 13.6. The molecule has 0 heterocycles. The summed E-state index contributed by atoms with van der Waals surface area (Å²) in [7, 11) is 0. The summed E-state index contributed by atoms with van der Waals surface area (Å²) >= 11 is 5.66. The number of hydrogen-bond donors (Lipinski definition) is 0. The van der Waals surface area contributed by atoms with Crippen molar-refractivity contribution in [3.05, 3.63) is 34.6 Å². The number of ketones is 1. The van der Waals surface area contributed by atoms with Crippen LogP contribution in [0.1, 0.15) is 29.6 Å². The highest BCUT2D eigenvalue weighted by Gasteiger charge is 2.48. The zero-order chi connectivity index (χ0) is 11.3. The second kappa shape index (κ2) is 3.56. The van der Waals surface area contributed by atoms with Crippen molar-refractivity contribution >= 4 is 17.4 Å². The minimum absolute atomic E-state index is 0.0404. The van der Waals surface area contributed by atoms with Gasteiger partial charge in [-0.15, -0.1) is 0 Å². The van der Waals surface area contributed by atoms with Gasteiger partial charge in [0.05, 0.1) is 5.56 Å². The van der Waals surface area contributed by atoms with Gasteiger partial charge in [0, 0.05) is 10.9 Å². The summed E-state index contributed by atoms with van der Waals surface area (Å²) in [6, 6.07) is 4.29. The highest BCUT2D eigenvalue weighted by Crippen LogP contribution is 2.55. The number of Topliss-reactive ketones (excluding diaryl/α,β-unsaturated/α-hetero) is 1. The van der Waals surface area contributed by atoms with Gasteiger partial charge in [-0.1, -0.05) is 11.6 Å². The van der Waals surface area contributed by atoms with Gasteiger partial charge in [0.1, 0.15) is 5.82 Å². The number of halogens is 2. The van der Waals surface area contributed by atoms with Gasteiger partial charge in [0.25, 0.3) is 0 Å². The molecule has 2 saturated carbocycles. The predicted molar refractivity (Wildman–Crippen MR) is 60.1 cm³/mol. The Morgan fingerprint density at radius 2 is 1.94 bits per heavy atom. The van der Waals surface area contributed by atoms with Gasteiger partial charge < -0.3 is 0 Å². The van der Waals surface area contributed by atoms with Crippen molar-refractivity contribution in [2.24, 2.45) is 17.8 Å². The number of benzene rings is 1. The molecule has 0 N–H and O–H groups in total. The highest BCUT2D eigenvalue weighted by atomic mass is 35.5. The monoisotopic (exact) mass is 238 g/mol. The van der Waals surface area contributed by atoms with Crippen LogP contribution in [0.2, 0.25) is 5.02 Å². The Kier molecular flexibility index (Phi) is 2.28. The molecule has 2 aliphatic rings. The van der Waals surface area contributed by atoms with Crippen LogP contribution in [-0.2, 0) is 0 Å². The fourth-order valence-electron chi connectivity index (χ4n) is 2.84. The quantitative estimate of drug-likeness (QED) is 0.718. The lowest BCUT2D eigenvalue weighted by atomic mass is 9.93. The van der Waals surface area contributed by atoms with E-state index in [-0.39, 0.29) is 17.3 Å². The molecule has 0 radical (unpaired) electrons. The smallest absolute Gasteiger partial charge is 0.168 e. The van der Waals surface area contributed by atoms with Gasteiger partial charge in [0.15, 0.2) is 5.78 Å². The van der Waals surface area contributed by atoms with Crippen LogP contribution in [0.15, 0.2) is 18.2 Å². The molecular weight excluding hydrogens is 227 g/mol. The maximum Gasteiger partial charge on any atom is 0.168 e. The lowest BCUT2D eigenvalue weighted by Crippen LogP contribution is -2.14. The summed E-state index contributed by atoms with van der Waals surface area (Å²) in [5, 5.41) is 0.336. The maximum atomic E-state index is 13.6. The van der Waals surface area contributed by atoms with Crippen molar-refractivity contribution in [1.29, 1.82) is 0 Å². The Morgan fingerprint density at radius 3 is 2.56 bits per heavy atom. The molecule has 2 fully saturated rings. The number of fused-ring (bicyclic) bond motifs is 1. The Morgan fingerprint density at radius 1 is 1.25 bits per heavy atom. The molecule has 3 heteroatoms. The Labute approximate surface area is 98.6 Å². The van der Waals surface area contributed by atoms with Gasteiger partial charge in [-0.25, -0.2) is 4.39 Å². The van der Waals surface area contributed by atoms with E-state index in [1.807, 2.05) is 0 Å². The minimum atomic E-state index is -0.488. The summed E-state index contributed by atoms with van der Waals surface area (Å²) in [5.41, 5.74) is 0.204. The molecule has 0 aromatic heterocycles. The second-order valence-electron chi connectivity index (χ2n) is 4.91. The van der Waals surface area contributed by atoms with Crippen LogP contribution >= 0.6 is 11.6 Å². The van der Waals surface area contributed by atoms with E-state index in [1.54, 1.807) is 6.07 Å². The normalized spacial score (nSPS) is 31.2. The van der Waals surface area contributed by atoms with Crippen molar-refractivity contribution in [3.8, 4) is 0 Å². The molecule has 0 spiro atoms. The van der Waals surface area contributed by atoms with Crippen LogP contribution in [0.25, 0.3) is 0 Å². The van der Waals surface area contributed by atoms with E-state index in [2.05, 4.69) is 0 Å². The molecule has 2 aliphatic carbocycles. The van der Waals surface area contributed by atoms with Crippen LogP contribution in [0, 0.1) is 23.6 Å².